The Hall–Kier alpha value is -2.21. The van der Waals surface area contributed by atoms with E-state index in [9.17, 15) is 4.79 Å². The van der Waals surface area contributed by atoms with Gasteiger partial charge >= 0.3 is 0 Å². The van der Waals surface area contributed by atoms with Gasteiger partial charge in [-0.1, -0.05) is 22.0 Å². The van der Waals surface area contributed by atoms with Crippen LogP contribution in [-0.2, 0) is 4.79 Å². The second-order valence-electron chi connectivity index (χ2n) is 5.55. The van der Waals surface area contributed by atoms with E-state index < -0.39 is 0 Å². The zero-order valence-corrected chi connectivity index (χ0v) is 15.0. The third-order valence-corrected chi connectivity index (χ3v) is 4.53. The molecule has 0 radical (unpaired) electrons. The first-order valence-corrected chi connectivity index (χ1v) is 8.60. The average Bonchev–Trinajstić information content (AvgIpc) is 2.58. The maximum atomic E-state index is 12.0. The molecule has 0 aromatic heterocycles. The van der Waals surface area contributed by atoms with Crippen LogP contribution in [0.5, 0.6) is 11.5 Å². The Kier molecular flexibility index (Phi) is 5.25. The van der Waals surface area contributed by atoms with Gasteiger partial charge in [-0.05, 0) is 36.8 Å². The predicted octanol–water partition coefficient (Wildman–Crippen LogP) is 3.97. The van der Waals surface area contributed by atoms with Crippen molar-refractivity contribution in [2.45, 2.75) is 13.3 Å². The number of amides is 1. The van der Waals surface area contributed by atoms with Crippen molar-refractivity contribution in [1.82, 2.24) is 0 Å². The number of nitrogens with one attached hydrogen (secondary N) is 2. The average molecular weight is 391 g/mol. The first-order chi connectivity index (χ1) is 11.6. The van der Waals surface area contributed by atoms with Crippen LogP contribution < -0.4 is 20.1 Å². The van der Waals surface area contributed by atoms with Crippen molar-refractivity contribution < 1.29 is 14.3 Å². The molecule has 0 bridgehead atoms. The summed E-state index contributed by atoms with van der Waals surface area (Å²) in [6, 6.07) is 11.5. The summed E-state index contributed by atoms with van der Waals surface area (Å²) in [6.07, 6.45) is 0.375. The molecule has 24 heavy (non-hydrogen) atoms. The lowest BCUT2D eigenvalue weighted by Gasteiger charge is -2.19. The van der Waals surface area contributed by atoms with Gasteiger partial charge in [-0.25, -0.2) is 0 Å². The Morgan fingerprint density at radius 3 is 2.62 bits per heavy atom. The molecule has 2 N–H and O–H groups in total. The number of hydrogen-bond donors (Lipinski definition) is 2. The van der Waals surface area contributed by atoms with Gasteiger partial charge in [0.05, 0.1) is 0 Å². The van der Waals surface area contributed by atoms with Gasteiger partial charge in [0, 0.05) is 34.9 Å². The summed E-state index contributed by atoms with van der Waals surface area (Å²) in [4.78, 5) is 12.0. The Morgan fingerprint density at radius 1 is 1.08 bits per heavy atom. The van der Waals surface area contributed by atoms with Crippen LogP contribution in [0.25, 0.3) is 0 Å². The van der Waals surface area contributed by atoms with Crippen LogP contribution in [0.15, 0.2) is 40.9 Å². The summed E-state index contributed by atoms with van der Waals surface area (Å²) >= 11 is 3.46. The van der Waals surface area contributed by atoms with E-state index in [1.54, 1.807) is 0 Å². The Labute approximate surface area is 149 Å². The molecule has 0 aliphatic carbocycles. The zero-order chi connectivity index (χ0) is 16.9. The third kappa shape index (κ3) is 4.20. The van der Waals surface area contributed by atoms with Gasteiger partial charge in [-0.15, -0.1) is 0 Å². The SMILES string of the molecule is Cc1ccc(NC(=O)CCNc2ccc3c(c2)OCCO3)cc1Br. The van der Waals surface area contributed by atoms with Gasteiger partial charge < -0.3 is 20.1 Å². The summed E-state index contributed by atoms with van der Waals surface area (Å²) in [5.41, 5.74) is 2.83. The van der Waals surface area contributed by atoms with E-state index in [2.05, 4.69) is 26.6 Å². The number of carbonyl (C=O) groups is 1. The lowest BCUT2D eigenvalue weighted by molar-refractivity contribution is -0.115. The Balaban J connectivity index is 1.49. The summed E-state index contributed by atoms with van der Waals surface area (Å²) < 4.78 is 12.0. The normalized spacial score (nSPS) is 12.6. The number of ether oxygens (including phenoxy) is 2. The van der Waals surface area contributed by atoms with Crippen molar-refractivity contribution in [1.29, 1.82) is 0 Å². The molecule has 126 valence electrons. The quantitative estimate of drug-likeness (QED) is 0.810. The van der Waals surface area contributed by atoms with E-state index in [4.69, 9.17) is 9.47 Å². The minimum absolute atomic E-state index is 0.0317. The molecule has 0 spiro atoms. The maximum absolute atomic E-state index is 12.0. The number of fused-ring (bicyclic) bond motifs is 1. The molecule has 0 atom stereocenters. The number of carbonyl (C=O) groups excluding carboxylic acids is 1. The fraction of sp³-hybridized carbons (Fsp3) is 0.278. The molecule has 1 aliphatic heterocycles. The monoisotopic (exact) mass is 390 g/mol. The number of rotatable bonds is 5. The van der Waals surface area contributed by atoms with Crippen LogP contribution in [0.4, 0.5) is 11.4 Å². The van der Waals surface area contributed by atoms with Crippen molar-refractivity contribution in [3.05, 3.63) is 46.4 Å². The van der Waals surface area contributed by atoms with Crippen molar-refractivity contribution >= 4 is 33.2 Å². The summed E-state index contributed by atoms with van der Waals surface area (Å²) in [5, 5.41) is 6.12. The minimum Gasteiger partial charge on any atom is -0.486 e. The van der Waals surface area contributed by atoms with Crippen molar-refractivity contribution in [3.63, 3.8) is 0 Å². The second-order valence-corrected chi connectivity index (χ2v) is 6.40. The van der Waals surface area contributed by atoms with Gasteiger partial charge in [0.2, 0.25) is 5.91 Å². The van der Waals surface area contributed by atoms with Gasteiger partial charge in [0.15, 0.2) is 11.5 Å². The van der Waals surface area contributed by atoms with Gasteiger partial charge in [0.25, 0.3) is 0 Å². The number of anilines is 2. The molecule has 1 heterocycles. The van der Waals surface area contributed by atoms with Crippen molar-refractivity contribution in [2.75, 3.05) is 30.4 Å². The summed E-state index contributed by atoms with van der Waals surface area (Å²) in [7, 11) is 0. The first-order valence-electron chi connectivity index (χ1n) is 7.81. The highest BCUT2D eigenvalue weighted by Gasteiger charge is 2.11. The third-order valence-electron chi connectivity index (χ3n) is 3.68. The molecular formula is C18H19BrN2O3. The zero-order valence-electron chi connectivity index (χ0n) is 13.4. The van der Waals surface area contributed by atoms with Crippen LogP contribution in [0.3, 0.4) is 0 Å². The molecule has 2 aromatic carbocycles. The van der Waals surface area contributed by atoms with Crippen molar-refractivity contribution in [3.8, 4) is 11.5 Å². The molecule has 1 amide bonds. The molecule has 6 heteroatoms. The molecule has 0 saturated heterocycles. The second kappa shape index (κ2) is 7.57. The molecule has 5 nitrogen and oxygen atoms in total. The van der Waals surface area contributed by atoms with E-state index in [1.807, 2.05) is 43.3 Å². The van der Waals surface area contributed by atoms with Crippen LogP contribution in [0.2, 0.25) is 0 Å². The maximum Gasteiger partial charge on any atom is 0.226 e. The Morgan fingerprint density at radius 2 is 1.83 bits per heavy atom. The first kappa shape index (κ1) is 16.6. The topological polar surface area (TPSA) is 59.6 Å². The van der Waals surface area contributed by atoms with E-state index in [-0.39, 0.29) is 5.91 Å². The largest absolute Gasteiger partial charge is 0.486 e. The summed E-state index contributed by atoms with van der Waals surface area (Å²) in [5.74, 6) is 1.46. The lowest BCUT2D eigenvalue weighted by atomic mass is 10.2. The van der Waals surface area contributed by atoms with Crippen LogP contribution in [0.1, 0.15) is 12.0 Å². The number of benzene rings is 2. The van der Waals surface area contributed by atoms with E-state index in [0.29, 0.717) is 26.2 Å². The number of hydrogen-bond acceptors (Lipinski definition) is 4. The van der Waals surface area contributed by atoms with Gasteiger partial charge in [0.1, 0.15) is 13.2 Å². The van der Waals surface area contributed by atoms with Gasteiger partial charge in [-0.2, -0.15) is 0 Å². The molecular weight excluding hydrogens is 372 g/mol. The van der Waals surface area contributed by atoms with Gasteiger partial charge in [-0.3, -0.25) is 4.79 Å². The minimum atomic E-state index is -0.0317. The number of halogens is 1. The van der Waals surface area contributed by atoms with Crippen LogP contribution in [-0.4, -0.2) is 25.7 Å². The van der Waals surface area contributed by atoms with E-state index in [1.165, 1.54) is 0 Å². The highest BCUT2D eigenvalue weighted by Crippen LogP contribution is 2.32. The Bertz CT molecular complexity index is 749. The highest BCUT2D eigenvalue weighted by atomic mass is 79.9. The molecule has 3 rings (SSSR count). The smallest absolute Gasteiger partial charge is 0.226 e. The lowest BCUT2D eigenvalue weighted by Crippen LogP contribution is -2.17. The molecule has 2 aromatic rings. The van der Waals surface area contributed by atoms with E-state index in [0.717, 1.165) is 32.9 Å². The van der Waals surface area contributed by atoms with E-state index >= 15 is 0 Å². The number of aryl methyl sites for hydroxylation is 1. The molecule has 1 aliphatic rings. The molecule has 0 saturated carbocycles. The van der Waals surface area contributed by atoms with Crippen LogP contribution >= 0.6 is 15.9 Å². The molecule has 0 fully saturated rings. The fourth-order valence-corrected chi connectivity index (χ4v) is 2.75. The fourth-order valence-electron chi connectivity index (χ4n) is 2.37. The molecule has 0 unspecified atom stereocenters. The highest BCUT2D eigenvalue weighted by molar-refractivity contribution is 9.10. The van der Waals surface area contributed by atoms with Crippen molar-refractivity contribution in [2.24, 2.45) is 0 Å². The summed E-state index contributed by atoms with van der Waals surface area (Å²) in [6.45, 7) is 3.69. The predicted molar refractivity (Wildman–Crippen MR) is 98.0 cm³/mol. The standard InChI is InChI=1S/C18H19BrN2O3/c1-12-2-3-14(10-15(12)19)21-18(22)6-7-20-13-4-5-16-17(11-13)24-9-8-23-16/h2-5,10-11,20H,6-9H2,1H3,(H,21,22). The van der Waals surface area contributed by atoms with Crippen LogP contribution in [0, 0.1) is 6.92 Å².